The Labute approximate surface area is 89.9 Å². The number of nitrogens with zero attached hydrogens (tertiary/aromatic N) is 2. The quantitative estimate of drug-likeness (QED) is 0.696. The second kappa shape index (κ2) is 3.92. The summed E-state index contributed by atoms with van der Waals surface area (Å²) in [6.45, 7) is 0.929. The normalized spacial score (nSPS) is 20.5. The van der Waals surface area contributed by atoms with Gasteiger partial charge in [0.25, 0.3) is 0 Å². The molecule has 0 spiro atoms. The molecule has 1 heterocycles. The molecule has 15 heavy (non-hydrogen) atoms. The molecular formula is C12H14N2O. The molecule has 2 rings (SSSR count). The fourth-order valence-corrected chi connectivity index (χ4v) is 2.02. The molecule has 0 amide bonds. The highest BCUT2D eigenvalue weighted by molar-refractivity contribution is 5.41. The highest BCUT2D eigenvalue weighted by atomic mass is 16.5. The lowest BCUT2D eigenvalue weighted by Crippen LogP contribution is -2.31. The van der Waals surface area contributed by atoms with Crippen LogP contribution in [0, 0.1) is 11.3 Å². The average molecular weight is 202 g/mol. The minimum absolute atomic E-state index is 0.111. The summed E-state index contributed by atoms with van der Waals surface area (Å²) in [5, 5.41) is 9.11. The van der Waals surface area contributed by atoms with Gasteiger partial charge in [-0.25, -0.2) is 0 Å². The van der Waals surface area contributed by atoms with E-state index in [1.54, 1.807) is 7.11 Å². The highest BCUT2D eigenvalue weighted by Gasteiger charge is 2.24. The van der Waals surface area contributed by atoms with E-state index >= 15 is 0 Å². The maximum absolute atomic E-state index is 9.11. The third-order valence-corrected chi connectivity index (χ3v) is 2.94. The summed E-state index contributed by atoms with van der Waals surface area (Å²) in [6.07, 6.45) is 0.987. The number of hydrogen-bond acceptors (Lipinski definition) is 3. The van der Waals surface area contributed by atoms with E-state index < -0.39 is 0 Å². The van der Waals surface area contributed by atoms with Gasteiger partial charge in [0.2, 0.25) is 0 Å². The van der Waals surface area contributed by atoms with Crippen molar-refractivity contribution in [3.05, 3.63) is 29.3 Å². The van der Waals surface area contributed by atoms with Gasteiger partial charge in [-0.2, -0.15) is 5.26 Å². The van der Waals surface area contributed by atoms with Crippen molar-refractivity contribution in [2.45, 2.75) is 12.5 Å². The van der Waals surface area contributed by atoms with E-state index in [0.29, 0.717) is 0 Å². The zero-order chi connectivity index (χ0) is 10.8. The van der Waals surface area contributed by atoms with Crippen LogP contribution in [-0.4, -0.2) is 25.6 Å². The third-order valence-electron chi connectivity index (χ3n) is 2.94. The van der Waals surface area contributed by atoms with Gasteiger partial charge >= 0.3 is 0 Å². The molecule has 0 bridgehead atoms. The van der Waals surface area contributed by atoms with Gasteiger partial charge in [-0.3, -0.25) is 4.90 Å². The molecule has 78 valence electrons. The Hall–Kier alpha value is -1.53. The van der Waals surface area contributed by atoms with Crippen molar-refractivity contribution in [1.29, 1.82) is 5.26 Å². The molecule has 3 nitrogen and oxygen atoms in total. The maximum atomic E-state index is 9.11. The van der Waals surface area contributed by atoms with Crippen LogP contribution in [0.4, 0.5) is 0 Å². The standard InChI is InChI=1S/C12H14N2O/c1-14-6-5-9-7-10(15-2)3-4-11(9)12(14)8-13/h3-4,7,12H,5-6H2,1-2H3. The van der Waals surface area contributed by atoms with E-state index in [0.717, 1.165) is 24.3 Å². The van der Waals surface area contributed by atoms with Crippen molar-refractivity contribution >= 4 is 0 Å². The van der Waals surface area contributed by atoms with Crippen molar-refractivity contribution < 1.29 is 4.74 Å². The Morgan fingerprint density at radius 1 is 1.53 bits per heavy atom. The van der Waals surface area contributed by atoms with Crippen molar-refractivity contribution in [3.8, 4) is 11.8 Å². The summed E-state index contributed by atoms with van der Waals surface area (Å²) in [7, 11) is 3.65. The van der Waals surface area contributed by atoms with E-state index in [2.05, 4.69) is 11.0 Å². The largest absolute Gasteiger partial charge is 0.497 e. The number of ether oxygens (including phenoxy) is 1. The SMILES string of the molecule is COc1ccc2c(c1)CCN(C)C2C#N. The van der Waals surface area contributed by atoms with E-state index in [4.69, 9.17) is 10.00 Å². The smallest absolute Gasteiger partial charge is 0.123 e. The van der Waals surface area contributed by atoms with Gasteiger partial charge in [0, 0.05) is 6.54 Å². The molecule has 1 aliphatic heterocycles. The number of benzene rings is 1. The summed E-state index contributed by atoms with van der Waals surface area (Å²) in [6, 6.07) is 8.17. The minimum atomic E-state index is -0.111. The summed E-state index contributed by atoms with van der Waals surface area (Å²) < 4.78 is 5.18. The predicted octanol–water partition coefficient (Wildman–Crippen LogP) is 1.75. The number of likely N-dealkylation sites (N-methyl/N-ethyl adjacent to an activating group) is 1. The van der Waals surface area contributed by atoms with Crippen LogP contribution in [0.3, 0.4) is 0 Å². The topological polar surface area (TPSA) is 36.3 Å². The van der Waals surface area contributed by atoms with Crippen LogP contribution in [-0.2, 0) is 6.42 Å². The Balaban J connectivity index is 2.43. The second-order valence-corrected chi connectivity index (χ2v) is 3.83. The Kier molecular flexibility index (Phi) is 2.61. The van der Waals surface area contributed by atoms with Crippen LogP contribution in [0.1, 0.15) is 17.2 Å². The van der Waals surface area contributed by atoms with Gasteiger partial charge < -0.3 is 4.74 Å². The molecule has 1 aliphatic rings. The van der Waals surface area contributed by atoms with Gasteiger partial charge in [0.1, 0.15) is 11.8 Å². The summed E-state index contributed by atoms with van der Waals surface area (Å²) in [4.78, 5) is 2.08. The second-order valence-electron chi connectivity index (χ2n) is 3.83. The van der Waals surface area contributed by atoms with Crippen LogP contribution < -0.4 is 4.74 Å². The number of methoxy groups -OCH3 is 1. The first kappa shape index (κ1) is 10.0. The van der Waals surface area contributed by atoms with Gasteiger partial charge in [-0.15, -0.1) is 0 Å². The molecule has 0 aliphatic carbocycles. The Morgan fingerprint density at radius 3 is 3.00 bits per heavy atom. The fourth-order valence-electron chi connectivity index (χ4n) is 2.02. The maximum Gasteiger partial charge on any atom is 0.123 e. The summed E-state index contributed by atoms with van der Waals surface area (Å²) in [5.74, 6) is 0.870. The first-order valence-electron chi connectivity index (χ1n) is 5.03. The van der Waals surface area contributed by atoms with Crippen LogP contribution in [0.2, 0.25) is 0 Å². The molecule has 1 aromatic rings. The van der Waals surface area contributed by atoms with Gasteiger partial charge in [0.05, 0.1) is 13.2 Å². The molecule has 1 aromatic carbocycles. The monoisotopic (exact) mass is 202 g/mol. The lowest BCUT2D eigenvalue weighted by Gasteiger charge is -2.30. The average Bonchev–Trinajstić information content (AvgIpc) is 2.28. The van der Waals surface area contributed by atoms with Crippen LogP contribution in [0.25, 0.3) is 0 Å². The summed E-state index contributed by atoms with van der Waals surface area (Å²) >= 11 is 0. The minimum Gasteiger partial charge on any atom is -0.497 e. The lowest BCUT2D eigenvalue weighted by molar-refractivity contribution is 0.277. The van der Waals surface area contributed by atoms with E-state index in [1.165, 1.54) is 5.56 Å². The molecular weight excluding hydrogens is 188 g/mol. The third kappa shape index (κ3) is 1.69. The molecule has 0 aromatic heterocycles. The van der Waals surface area contributed by atoms with Crippen LogP contribution in [0.15, 0.2) is 18.2 Å². The zero-order valence-electron chi connectivity index (χ0n) is 9.03. The van der Waals surface area contributed by atoms with E-state index in [-0.39, 0.29) is 6.04 Å². The first-order valence-corrected chi connectivity index (χ1v) is 5.03. The molecule has 1 atom stereocenters. The van der Waals surface area contributed by atoms with E-state index in [1.807, 2.05) is 25.2 Å². The van der Waals surface area contributed by atoms with Crippen molar-refractivity contribution in [2.75, 3.05) is 20.7 Å². The van der Waals surface area contributed by atoms with Gasteiger partial charge in [-0.05, 0) is 36.7 Å². The van der Waals surface area contributed by atoms with Crippen molar-refractivity contribution in [3.63, 3.8) is 0 Å². The van der Waals surface area contributed by atoms with Crippen molar-refractivity contribution in [1.82, 2.24) is 4.90 Å². The zero-order valence-corrected chi connectivity index (χ0v) is 9.03. The molecule has 3 heteroatoms. The van der Waals surface area contributed by atoms with Crippen LogP contribution in [0.5, 0.6) is 5.75 Å². The Bertz CT molecular complexity index is 409. The molecule has 0 N–H and O–H groups in total. The molecule has 0 saturated heterocycles. The molecule has 0 saturated carbocycles. The Morgan fingerprint density at radius 2 is 2.33 bits per heavy atom. The first-order chi connectivity index (χ1) is 7.26. The van der Waals surface area contributed by atoms with E-state index in [9.17, 15) is 0 Å². The number of fused-ring (bicyclic) bond motifs is 1. The molecule has 1 unspecified atom stereocenters. The summed E-state index contributed by atoms with van der Waals surface area (Å²) in [5.41, 5.74) is 2.35. The lowest BCUT2D eigenvalue weighted by atomic mass is 9.93. The molecule has 0 fully saturated rings. The molecule has 0 radical (unpaired) electrons. The van der Waals surface area contributed by atoms with Gasteiger partial charge in [0.15, 0.2) is 0 Å². The number of nitriles is 1. The van der Waals surface area contributed by atoms with Crippen LogP contribution >= 0.6 is 0 Å². The number of hydrogen-bond donors (Lipinski definition) is 0. The fraction of sp³-hybridized carbons (Fsp3) is 0.417. The van der Waals surface area contributed by atoms with Crippen molar-refractivity contribution in [2.24, 2.45) is 0 Å². The predicted molar refractivity (Wildman–Crippen MR) is 57.7 cm³/mol. The van der Waals surface area contributed by atoms with Gasteiger partial charge in [-0.1, -0.05) is 6.07 Å². The highest BCUT2D eigenvalue weighted by Crippen LogP contribution is 2.30. The number of rotatable bonds is 1.